The highest BCUT2D eigenvalue weighted by Crippen LogP contribution is 2.40. The zero-order chi connectivity index (χ0) is 19.6. The highest BCUT2D eigenvalue weighted by Gasteiger charge is 2.25. The minimum absolute atomic E-state index is 0.722. The molecule has 6 nitrogen and oxygen atoms in total. The van der Waals surface area contributed by atoms with Crippen molar-refractivity contribution in [3.05, 3.63) is 83.3 Å². The Kier molecular flexibility index (Phi) is 4.54. The normalized spacial score (nSPS) is 14.6. The average molecular weight is 382 g/mol. The van der Waals surface area contributed by atoms with E-state index in [4.69, 9.17) is 4.99 Å². The van der Waals surface area contributed by atoms with E-state index in [9.17, 15) is 0 Å². The molecule has 6 heteroatoms. The molecule has 0 aliphatic carbocycles. The number of aliphatic imine (C=N–C) groups is 1. The minimum Gasteiger partial charge on any atom is -0.338 e. The number of fused-ring (bicyclic) bond motifs is 4. The van der Waals surface area contributed by atoms with Crippen LogP contribution in [0.15, 0.2) is 66.0 Å². The predicted molar refractivity (Wildman–Crippen MR) is 117 cm³/mol. The van der Waals surface area contributed by atoms with Gasteiger partial charge < -0.3 is 5.32 Å². The van der Waals surface area contributed by atoms with Crippen LogP contribution in [-0.4, -0.2) is 34.4 Å². The van der Waals surface area contributed by atoms with Gasteiger partial charge in [-0.1, -0.05) is 24.3 Å². The molecule has 5 rings (SSSR count). The van der Waals surface area contributed by atoms with Crippen LogP contribution in [0, 0.1) is 6.92 Å². The summed E-state index contributed by atoms with van der Waals surface area (Å²) in [6, 6.07) is 14.6. The van der Waals surface area contributed by atoms with Crippen LogP contribution >= 0.6 is 0 Å². The van der Waals surface area contributed by atoms with Crippen LogP contribution in [0.2, 0.25) is 0 Å². The summed E-state index contributed by atoms with van der Waals surface area (Å²) in [5.41, 5.74) is 11.4. The van der Waals surface area contributed by atoms with Crippen molar-refractivity contribution < 1.29 is 0 Å². The molecule has 2 aliphatic heterocycles. The third-order valence-electron chi connectivity index (χ3n) is 5.37. The Morgan fingerprint density at radius 1 is 1.07 bits per heavy atom. The van der Waals surface area contributed by atoms with Crippen molar-refractivity contribution in [2.75, 3.05) is 18.4 Å². The topological polar surface area (TPSA) is 65.4 Å². The Labute approximate surface area is 170 Å². The maximum atomic E-state index is 4.79. The Bertz CT molecular complexity index is 1120. The second kappa shape index (κ2) is 7.48. The van der Waals surface area contributed by atoms with Gasteiger partial charge in [-0.2, -0.15) is 0 Å². The molecule has 0 saturated carbocycles. The number of aromatic nitrogens is 2. The summed E-state index contributed by atoms with van der Waals surface area (Å²) in [6.45, 7) is 3.72. The van der Waals surface area contributed by atoms with Gasteiger partial charge in [0.05, 0.1) is 24.1 Å². The van der Waals surface area contributed by atoms with Gasteiger partial charge in [0.2, 0.25) is 0 Å². The number of hydrogen-bond donors (Lipinski definition) is 2. The lowest BCUT2D eigenvalue weighted by atomic mass is 10.0. The molecule has 1 aromatic carbocycles. The van der Waals surface area contributed by atoms with Crippen LogP contribution in [0.3, 0.4) is 0 Å². The standard InChI is InChI=1S/C23H22N6/c1-16-5-2-3-6-17(16)8-12-27-29-14-20-18-9-11-24-13-21(18)28-23-19(7-4-10-25-23)22(20)26-15-29/h2-7,9-11,13,15,27H,8,12,14H2,1H3,(H,25,28). The SMILES string of the molecule is Cc1ccccc1CCNN1C=NC2=C(C1)c1ccncc1Nc1ncccc12. The largest absolute Gasteiger partial charge is 0.338 e. The first kappa shape index (κ1) is 17.6. The summed E-state index contributed by atoms with van der Waals surface area (Å²) in [5.74, 6) is 0.810. The molecule has 0 atom stereocenters. The van der Waals surface area contributed by atoms with Gasteiger partial charge in [-0.15, -0.1) is 0 Å². The second-order valence-corrected chi connectivity index (χ2v) is 7.23. The van der Waals surface area contributed by atoms with Crippen LogP contribution in [0.5, 0.6) is 0 Å². The highest BCUT2D eigenvalue weighted by molar-refractivity contribution is 6.03. The van der Waals surface area contributed by atoms with E-state index >= 15 is 0 Å². The van der Waals surface area contributed by atoms with Crippen molar-refractivity contribution >= 4 is 29.1 Å². The van der Waals surface area contributed by atoms with E-state index in [0.29, 0.717) is 0 Å². The van der Waals surface area contributed by atoms with Gasteiger partial charge in [0, 0.05) is 35.6 Å². The quantitative estimate of drug-likeness (QED) is 0.718. The van der Waals surface area contributed by atoms with E-state index in [-0.39, 0.29) is 0 Å². The number of anilines is 2. The van der Waals surface area contributed by atoms with E-state index in [1.807, 2.05) is 30.9 Å². The third kappa shape index (κ3) is 3.39. The number of pyridine rings is 2. The van der Waals surface area contributed by atoms with Gasteiger partial charge in [0.15, 0.2) is 0 Å². The van der Waals surface area contributed by atoms with Gasteiger partial charge >= 0.3 is 0 Å². The first-order valence-corrected chi connectivity index (χ1v) is 9.78. The summed E-state index contributed by atoms with van der Waals surface area (Å²) in [6.07, 6.45) is 8.30. The predicted octanol–water partition coefficient (Wildman–Crippen LogP) is 3.80. The van der Waals surface area contributed by atoms with Crippen LogP contribution in [0.1, 0.15) is 22.3 Å². The van der Waals surface area contributed by atoms with Crippen molar-refractivity contribution in [2.45, 2.75) is 13.3 Å². The van der Waals surface area contributed by atoms with Crippen molar-refractivity contribution in [3.8, 4) is 0 Å². The zero-order valence-electron chi connectivity index (χ0n) is 16.3. The number of aryl methyl sites for hydroxylation is 1. The first-order valence-electron chi connectivity index (χ1n) is 9.78. The molecule has 29 heavy (non-hydrogen) atoms. The molecular formula is C23H22N6. The summed E-state index contributed by atoms with van der Waals surface area (Å²) in [5, 5.41) is 5.48. The maximum Gasteiger partial charge on any atom is 0.139 e. The lowest BCUT2D eigenvalue weighted by molar-refractivity contribution is 0.351. The lowest BCUT2D eigenvalue weighted by Gasteiger charge is -2.27. The van der Waals surface area contributed by atoms with Gasteiger partial charge in [0.25, 0.3) is 0 Å². The molecule has 0 spiro atoms. The second-order valence-electron chi connectivity index (χ2n) is 7.23. The Balaban J connectivity index is 1.40. The maximum absolute atomic E-state index is 4.79. The molecule has 0 radical (unpaired) electrons. The number of benzene rings is 1. The fourth-order valence-corrected chi connectivity index (χ4v) is 3.84. The van der Waals surface area contributed by atoms with Crippen molar-refractivity contribution in [1.29, 1.82) is 0 Å². The van der Waals surface area contributed by atoms with Crippen LogP contribution < -0.4 is 10.7 Å². The van der Waals surface area contributed by atoms with Gasteiger partial charge in [-0.05, 0) is 42.7 Å². The third-order valence-corrected chi connectivity index (χ3v) is 5.37. The van der Waals surface area contributed by atoms with Crippen molar-refractivity contribution in [2.24, 2.45) is 4.99 Å². The fraction of sp³-hybridized carbons (Fsp3) is 0.174. The molecule has 0 fully saturated rings. The van der Waals surface area contributed by atoms with E-state index in [2.05, 4.69) is 63.0 Å². The molecule has 2 N–H and O–H groups in total. The average Bonchev–Trinajstić information content (AvgIpc) is 2.89. The van der Waals surface area contributed by atoms with E-state index in [1.165, 1.54) is 11.1 Å². The van der Waals surface area contributed by atoms with Crippen LogP contribution in [0.4, 0.5) is 11.5 Å². The van der Waals surface area contributed by atoms with Crippen LogP contribution in [-0.2, 0) is 6.42 Å². The Morgan fingerprint density at radius 3 is 2.93 bits per heavy atom. The van der Waals surface area contributed by atoms with Crippen molar-refractivity contribution in [1.82, 2.24) is 20.4 Å². The van der Waals surface area contributed by atoms with E-state index in [0.717, 1.165) is 53.4 Å². The monoisotopic (exact) mass is 382 g/mol. The summed E-state index contributed by atoms with van der Waals surface area (Å²) in [7, 11) is 0. The minimum atomic E-state index is 0.722. The zero-order valence-corrected chi connectivity index (χ0v) is 16.3. The molecule has 4 heterocycles. The molecule has 0 amide bonds. The van der Waals surface area contributed by atoms with Gasteiger partial charge in [-0.25, -0.2) is 15.4 Å². The number of hydrogen-bond acceptors (Lipinski definition) is 6. The smallest absolute Gasteiger partial charge is 0.139 e. The van der Waals surface area contributed by atoms with E-state index in [1.54, 1.807) is 6.20 Å². The lowest BCUT2D eigenvalue weighted by Crippen LogP contribution is -2.40. The molecule has 3 aromatic rings. The van der Waals surface area contributed by atoms with E-state index < -0.39 is 0 Å². The van der Waals surface area contributed by atoms with Gasteiger partial charge in [-0.3, -0.25) is 9.99 Å². The molecule has 2 aromatic heterocycles. The Hall–Kier alpha value is -3.51. The molecule has 2 aliphatic rings. The van der Waals surface area contributed by atoms with Gasteiger partial charge in [0.1, 0.15) is 12.2 Å². The molecule has 0 saturated heterocycles. The Morgan fingerprint density at radius 2 is 2.00 bits per heavy atom. The molecule has 0 unspecified atom stereocenters. The number of rotatable bonds is 4. The number of hydrazine groups is 1. The molecule has 144 valence electrons. The number of nitrogens with zero attached hydrogens (tertiary/aromatic N) is 4. The van der Waals surface area contributed by atoms with Crippen molar-refractivity contribution in [3.63, 3.8) is 0 Å². The fourth-order valence-electron chi connectivity index (χ4n) is 3.84. The number of nitrogens with one attached hydrogen (secondary N) is 2. The first-order chi connectivity index (χ1) is 14.3. The molecule has 0 bridgehead atoms. The molecular weight excluding hydrogens is 360 g/mol. The van der Waals surface area contributed by atoms with Crippen LogP contribution in [0.25, 0.3) is 11.3 Å². The summed E-state index contributed by atoms with van der Waals surface area (Å²) < 4.78 is 0. The highest BCUT2D eigenvalue weighted by atomic mass is 15.5. The summed E-state index contributed by atoms with van der Waals surface area (Å²) in [4.78, 5) is 13.6. The summed E-state index contributed by atoms with van der Waals surface area (Å²) >= 11 is 0.